The van der Waals surface area contributed by atoms with E-state index in [0.29, 0.717) is 12.8 Å². The Morgan fingerprint density at radius 2 is 1.73 bits per heavy atom. The summed E-state index contributed by atoms with van der Waals surface area (Å²) in [5, 5.41) is 0. The summed E-state index contributed by atoms with van der Waals surface area (Å²) in [6.45, 7) is 0. The summed E-state index contributed by atoms with van der Waals surface area (Å²) in [4.78, 5) is -0.789. The van der Waals surface area contributed by atoms with Gasteiger partial charge in [-0.3, -0.25) is 0 Å². The minimum Gasteiger partial charge on any atom is -0.207 e. The Morgan fingerprint density at radius 1 is 1.14 bits per heavy atom. The van der Waals surface area contributed by atoms with Crippen molar-refractivity contribution in [2.75, 3.05) is 0 Å². The smallest absolute Gasteiger partial charge is 0.207 e. The molecule has 1 saturated carbocycles. The summed E-state index contributed by atoms with van der Waals surface area (Å²) >= 11 is 0. The van der Waals surface area contributed by atoms with E-state index >= 15 is 0 Å². The summed E-state index contributed by atoms with van der Waals surface area (Å²) in [6, 6.07) is 4.10. The molecule has 0 unspecified atom stereocenters. The summed E-state index contributed by atoms with van der Waals surface area (Å²) in [5.41, 5.74) is -2.29. The second kappa shape index (κ2) is 5.94. The quantitative estimate of drug-likeness (QED) is 0.864. The van der Waals surface area contributed by atoms with Gasteiger partial charge in [0.25, 0.3) is 0 Å². The summed E-state index contributed by atoms with van der Waals surface area (Å²) < 4.78 is 66.2. The van der Waals surface area contributed by atoms with Gasteiger partial charge in [0.05, 0.1) is 16.0 Å². The lowest BCUT2D eigenvalue weighted by molar-refractivity contribution is -0.139. The van der Waals surface area contributed by atoms with Gasteiger partial charge in [-0.2, -0.15) is 17.9 Å². The third-order valence-corrected chi connectivity index (χ3v) is 5.39. The van der Waals surface area contributed by atoms with Gasteiger partial charge in [-0.15, -0.1) is 6.42 Å². The average Bonchev–Trinajstić information content (AvgIpc) is 2.47. The number of nitrogens with one attached hydrogen (secondary N) is 1. The Kier molecular flexibility index (Phi) is 4.54. The van der Waals surface area contributed by atoms with Crippen molar-refractivity contribution in [2.24, 2.45) is 0 Å². The molecule has 0 spiro atoms. The lowest BCUT2D eigenvalue weighted by Crippen LogP contribution is -2.48. The molecule has 1 aromatic carbocycles. The van der Waals surface area contributed by atoms with Crippen molar-refractivity contribution in [2.45, 2.75) is 48.7 Å². The van der Waals surface area contributed by atoms with Crippen LogP contribution in [0.2, 0.25) is 0 Å². The number of rotatable bonds is 3. The van der Waals surface area contributed by atoms with E-state index < -0.39 is 32.2 Å². The van der Waals surface area contributed by atoms with Crippen LogP contribution < -0.4 is 4.72 Å². The standard InChI is InChI=1S/C15H16F3NO2S/c1-2-14(10-6-3-7-11-14)19-22(20,21)13-9-5-4-8-12(13)15(16,17)18/h1,4-5,8-9,19H,3,6-7,10-11H2. The minimum absolute atomic E-state index is 0.427. The fourth-order valence-corrected chi connectivity index (χ4v) is 4.30. The van der Waals surface area contributed by atoms with Crippen molar-refractivity contribution in [3.8, 4) is 12.3 Å². The molecule has 120 valence electrons. The van der Waals surface area contributed by atoms with E-state index in [1.807, 2.05) is 0 Å². The van der Waals surface area contributed by atoms with Gasteiger partial charge in [-0.1, -0.05) is 37.3 Å². The van der Waals surface area contributed by atoms with Crippen LogP contribution in [0.3, 0.4) is 0 Å². The second-order valence-electron chi connectivity index (χ2n) is 5.39. The molecular weight excluding hydrogens is 315 g/mol. The van der Waals surface area contributed by atoms with Crippen molar-refractivity contribution in [1.82, 2.24) is 4.72 Å². The largest absolute Gasteiger partial charge is 0.417 e. The molecule has 0 bridgehead atoms. The number of hydrogen-bond donors (Lipinski definition) is 1. The maximum atomic E-state index is 13.0. The number of sulfonamides is 1. The zero-order valence-corrected chi connectivity index (χ0v) is 12.6. The highest BCUT2D eigenvalue weighted by Crippen LogP contribution is 2.35. The molecule has 0 heterocycles. The number of alkyl halides is 3. The first-order valence-electron chi connectivity index (χ1n) is 6.88. The monoisotopic (exact) mass is 331 g/mol. The van der Waals surface area contributed by atoms with E-state index in [4.69, 9.17) is 6.42 Å². The summed E-state index contributed by atoms with van der Waals surface area (Å²) in [5.74, 6) is 2.43. The molecule has 7 heteroatoms. The third-order valence-electron chi connectivity index (χ3n) is 3.80. The molecule has 1 aliphatic rings. The van der Waals surface area contributed by atoms with Crippen LogP contribution in [0.5, 0.6) is 0 Å². The van der Waals surface area contributed by atoms with Gasteiger partial charge in [0.1, 0.15) is 0 Å². The normalized spacial score (nSPS) is 18.6. The average molecular weight is 331 g/mol. The predicted octanol–water partition coefficient (Wildman–Crippen LogP) is 3.32. The van der Waals surface area contributed by atoms with Gasteiger partial charge in [0.15, 0.2) is 0 Å². The molecular formula is C15H16F3NO2S. The Hall–Kier alpha value is -1.52. The fraction of sp³-hybridized carbons (Fsp3) is 0.467. The lowest BCUT2D eigenvalue weighted by atomic mass is 9.83. The topological polar surface area (TPSA) is 46.2 Å². The summed E-state index contributed by atoms with van der Waals surface area (Å²) in [6.07, 6.45) is 3.98. The van der Waals surface area contributed by atoms with E-state index in [0.717, 1.165) is 37.5 Å². The molecule has 0 aliphatic heterocycles. The van der Waals surface area contributed by atoms with Gasteiger partial charge in [0.2, 0.25) is 10.0 Å². The van der Waals surface area contributed by atoms with Crippen molar-refractivity contribution in [3.63, 3.8) is 0 Å². The van der Waals surface area contributed by atoms with Crippen molar-refractivity contribution >= 4 is 10.0 Å². The van der Waals surface area contributed by atoms with Crippen molar-refractivity contribution < 1.29 is 21.6 Å². The van der Waals surface area contributed by atoms with Gasteiger partial charge in [-0.05, 0) is 25.0 Å². The Balaban J connectivity index is 2.42. The van der Waals surface area contributed by atoms with Crippen LogP contribution in [-0.2, 0) is 16.2 Å². The SMILES string of the molecule is C#CC1(NS(=O)(=O)c2ccccc2C(F)(F)F)CCCCC1. The zero-order chi connectivity index (χ0) is 16.4. The first-order valence-corrected chi connectivity index (χ1v) is 8.36. The van der Waals surface area contributed by atoms with Crippen LogP contribution in [0.1, 0.15) is 37.7 Å². The minimum atomic E-state index is -4.75. The molecule has 3 nitrogen and oxygen atoms in total. The number of halogens is 3. The third kappa shape index (κ3) is 3.45. The molecule has 1 aliphatic carbocycles. The number of benzene rings is 1. The van der Waals surface area contributed by atoms with E-state index in [1.54, 1.807) is 0 Å². The molecule has 0 amide bonds. The van der Waals surface area contributed by atoms with E-state index in [9.17, 15) is 21.6 Å². The van der Waals surface area contributed by atoms with Gasteiger partial charge in [0, 0.05) is 0 Å². The summed E-state index contributed by atoms with van der Waals surface area (Å²) in [7, 11) is -4.36. The van der Waals surface area contributed by atoms with Gasteiger partial charge < -0.3 is 0 Å². The maximum absolute atomic E-state index is 13.0. The lowest BCUT2D eigenvalue weighted by Gasteiger charge is -2.33. The number of terminal acetylenes is 1. The van der Waals surface area contributed by atoms with Crippen molar-refractivity contribution in [3.05, 3.63) is 29.8 Å². The van der Waals surface area contributed by atoms with Gasteiger partial charge >= 0.3 is 6.18 Å². The van der Waals surface area contributed by atoms with E-state index in [-0.39, 0.29) is 0 Å². The van der Waals surface area contributed by atoms with Gasteiger partial charge in [-0.25, -0.2) is 8.42 Å². The van der Waals surface area contributed by atoms with E-state index in [2.05, 4.69) is 10.6 Å². The predicted molar refractivity (Wildman–Crippen MR) is 76.4 cm³/mol. The second-order valence-corrected chi connectivity index (χ2v) is 7.04. The first kappa shape index (κ1) is 16.8. The van der Waals surface area contributed by atoms with Crippen LogP contribution in [0, 0.1) is 12.3 Å². The molecule has 22 heavy (non-hydrogen) atoms. The van der Waals surface area contributed by atoms with Crippen molar-refractivity contribution in [1.29, 1.82) is 0 Å². The Labute approximate surface area is 128 Å². The van der Waals surface area contributed by atoms with Crippen LogP contribution in [0.15, 0.2) is 29.2 Å². The van der Waals surface area contributed by atoms with E-state index in [1.165, 1.54) is 6.07 Å². The van der Waals surface area contributed by atoms with Crippen LogP contribution in [-0.4, -0.2) is 14.0 Å². The highest BCUT2D eigenvalue weighted by molar-refractivity contribution is 7.89. The molecule has 1 aromatic rings. The first-order chi connectivity index (χ1) is 10.2. The molecule has 0 aromatic heterocycles. The Morgan fingerprint density at radius 3 is 2.27 bits per heavy atom. The highest BCUT2D eigenvalue weighted by atomic mass is 32.2. The number of hydrogen-bond acceptors (Lipinski definition) is 2. The van der Waals surface area contributed by atoms with Crippen LogP contribution in [0.25, 0.3) is 0 Å². The zero-order valence-electron chi connectivity index (χ0n) is 11.8. The fourth-order valence-electron chi connectivity index (χ4n) is 2.68. The molecule has 0 atom stereocenters. The highest BCUT2D eigenvalue weighted by Gasteiger charge is 2.40. The maximum Gasteiger partial charge on any atom is 0.417 e. The molecule has 1 fully saturated rings. The molecule has 0 saturated heterocycles. The molecule has 0 radical (unpaired) electrons. The van der Waals surface area contributed by atoms with Crippen LogP contribution >= 0.6 is 0 Å². The Bertz CT molecular complexity index is 683. The molecule has 1 N–H and O–H groups in total. The molecule has 2 rings (SSSR count). The van der Waals surface area contributed by atoms with Crippen LogP contribution in [0.4, 0.5) is 13.2 Å².